The molecule has 0 saturated heterocycles. The minimum Gasteiger partial charge on any atom is -0.480 e. The fourth-order valence-corrected chi connectivity index (χ4v) is 2.27. The lowest BCUT2D eigenvalue weighted by Gasteiger charge is -2.15. The average Bonchev–Trinajstić information content (AvgIpc) is 2.49. The number of carboxylic acids is 1. The van der Waals surface area contributed by atoms with E-state index in [0.29, 0.717) is 5.56 Å². The predicted octanol–water partition coefficient (Wildman–Crippen LogP) is 2.27. The van der Waals surface area contributed by atoms with Crippen LogP contribution in [-0.2, 0) is 11.2 Å². The van der Waals surface area contributed by atoms with E-state index < -0.39 is 17.9 Å². The van der Waals surface area contributed by atoms with Gasteiger partial charge in [0.05, 0.1) is 5.56 Å². The molecule has 0 bridgehead atoms. The molecule has 2 rings (SSSR count). The maximum Gasteiger partial charge on any atom is 0.326 e. The number of amides is 1. The number of hydrogen-bond donors (Lipinski definition) is 2. The maximum absolute atomic E-state index is 12.0. The van der Waals surface area contributed by atoms with Crippen LogP contribution < -0.4 is 5.32 Å². The molecule has 0 aliphatic rings. The second-order valence-electron chi connectivity index (χ2n) is 4.40. The summed E-state index contributed by atoms with van der Waals surface area (Å²) in [6.07, 6.45) is 3.14. The molecule has 0 aliphatic carbocycles. The second kappa shape index (κ2) is 6.99. The van der Waals surface area contributed by atoms with Gasteiger partial charge in [-0.25, -0.2) is 4.79 Å². The van der Waals surface area contributed by atoms with Crippen molar-refractivity contribution < 1.29 is 14.7 Å². The Morgan fingerprint density at radius 2 is 2.00 bits per heavy atom. The van der Waals surface area contributed by atoms with E-state index in [0.717, 1.165) is 10.0 Å². The van der Waals surface area contributed by atoms with Gasteiger partial charge in [0.2, 0.25) is 0 Å². The second-order valence-corrected chi connectivity index (χ2v) is 5.26. The highest BCUT2D eigenvalue weighted by Gasteiger charge is 2.22. The Bertz CT molecular complexity index is 646. The number of aliphatic carboxylic acids is 1. The smallest absolute Gasteiger partial charge is 0.326 e. The number of nitrogens with zero attached hydrogens (tertiary/aromatic N) is 1. The third-order valence-corrected chi connectivity index (χ3v) is 3.68. The summed E-state index contributed by atoms with van der Waals surface area (Å²) in [5.74, 6) is -1.54. The molecule has 0 fully saturated rings. The minimum atomic E-state index is -1.08. The van der Waals surface area contributed by atoms with Crippen LogP contribution in [0.25, 0.3) is 0 Å². The van der Waals surface area contributed by atoms with E-state index in [-0.39, 0.29) is 6.42 Å². The first-order valence-corrected chi connectivity index (χ1v) is 7.04. The van der Waals surface area contributed by atoms with Crippen LogP contribution in [0.1, 0.15) is 15.9 Å². The fourth-order valence-electron chi connectivity index (χ4n) is 1.82. The van der Waals surface area contributed by atoms with Crippen LogP contribution >= 0.6 is 15.9 Å². The zero-order valence-electron chi connectivity index (χ0n) is 11.0. The number of benzene rings is 1. The van der Waals surface area contributed by atoms with Gasteiger partial charge < -0.3 is 10.4 Å². The minimum absolute atomic E-state index is 0.197. The van der Waals surface area contributed by atoms with Gasteiger partial charge in [-0.15, -0.1) is 0 Å². The molecule has 5 nitrogen and oxygen atoms in total. The van der Waals surface area contributed by atoms with Crippen molar-refractivity contribution in [1.82, 2.24) is 10.3 Å². The Labute approximate surface area is 130 Å². The molecule has 108 valence electrons. The number of rotatable bonds is 5. The van der Waals surface area contributed by atoms with Crippen molar-refractivity contribution in [1.29, 1.82) is 0 Å². The van der Waals surface area contributed by atoms with Gasteiger partial charge in [-0.2, -0.15) is 0 Å². The van der Waals surface area contributed by atoms with Crippen molar-refractivity contribution in [3.8, 4) is 0 Å². The third kappa shape index (κ3) is 4.13. The molecular formula is C15H13BrN2O3. The number of aromatic nitrogens is 1. The van der Waals surface area contributed by atoms with Crippen molar-refractivity contribution >= 4 is 27.8 Å². The van der Waals surface area contributed by atoms with E-state index in [1.165, 1.54) is 6.20 Å². The van der Waals surface area contributed by atoms with Gasteiger partial charge in [0.15, 0.2) is 0 Å². The Balaban J connectivity index is 2.12. The molecule has 1 aromatic heterocycles. The van der Waals surface area contributed by atoms with Crippen LogP contribution in [0.15, 0.2) is 53.3 Å². The molecule has 6 heteroatoms. The quantitative estimate of drug-likeness (QED) is 0.868. The normalized spacial score (nSPS) is 11.7. The molecule has 0 spiro atoms. The van der Waals surface area contributed by atoms with Gasteiger partial charge in [0, 0.05) is 23.3 Å². The molecule has 1 aromatic carbocycles. The van der Waals surface area contributed by atoms with Gasteiger partial charge in [-0.1, -0.05) is 34.1 Å². The molecule has 1 amide bonds. The summed E-state index contributed by atoms with van der Waals surface area (Å²) in [4.78, 5) is 27.2. The molecule has 0 unspecified atom stereocenters. The predicted molar refractivity (Wildman–Crippen MR) is 81.0 cm³/mol. The monoisotopic (exact) mass is 348 g/mol. The van der Waals surface area contributed by atoms with Gasteiger partial charge in [-0.05, 0) is 23.8 Å². The zero-order valence-corrected chi connectivity index (χ0v) is 12.6. The van der Waals surface area contributed by atoms with E-state index in [4.69, 9.17) is 0 Å². The number of hydrogen-bond acceptors (Lipinski definition) is 3. The summed E-state index contributed by atoms with van der Waals surface area (Å²) in [6, 6.07) is 9.52. The van der Waals surface area contributed by atoms with Gasteiger partial charge in [-0.3, -0.25) is 9.78 Å². The lowest BCUT2D eigenvalue weighted by atomic mass is 10.1. The van der Waals surface area contributed by atoms with E-state index in [2.05, 4.69) is 26.2 Å². The summed E-state index contributed by atoms with van der Waals surface area (Å²) < 4.78 is 0.812. The molecule has 2 aromatic rings. The fraction of sp³-hybridized carbons (Fsp3) is 0.133. The molecule has 2 N–H and O–H groups in total. The molecule has 21 heavy (non-hydrogen) atoms. The van der Waals surface area contributed by atoms with E-state index in [9.17, 15) is 14.7 Å². The van der Waals surface area contributed by atoms with Gasteiger partial charge >= 0.3 is 5.97 Å². The molecular weight excluding hydrogens is 336 g/mol. The Kier molecular flexibility index (Phi) is 5.05. The Hall–Kier alpha value is -2.21. The van der Waals surface area contributed by atoms with Crippen LogP contribution in [0.2, 0.25) is 0 Å². The van der Waals surface area contributed by atoms with Gasteiger partial charge in [0.25, 0.3) is 5.91 Å². The standard InChI is InChI=1S/C15H13BrN2O3/c16-12-6-2-1-4-10(12)8-13(15(20)21)18-14(19)11-5-3-7-17-9-11/h1-7,9,13H,8H2,(H,18,19)(H,20,21)/t13-/m1/s1. The largest absolute Gasteiger partial charge is 0.480 e. The highest BCUT2D eigenvalue weighted by Crippen LogP contribution is 2.17. The summed E-state index contributed by atoms with van der Waals surface area (Å²) >= 11 is 3.37. The van der Waals surface area contributed by atoms with E-state index in [1.54, 1.807) is 18.3 Å². The lowest BCUT2D eigenvalue weighted by Crippen LogP contribution is -2.42. The lowest BCUT2D eigenvalue weighted by molar-refractivity contribution is -0.139. The number of carbonyl (C=O) groups excluding carboxylic acids is 1. The van der Waals surface area contributed by atoms with Crippen LogP contribution in [0.3, 0.4) is 0 Å². The third-order valence-electron chi connectivity index (χ3n) is 2.91. The highest BCUT2D eigenvalue weighted by atomic mass is 79.9. The first-order chi connectivity index (χ1) is 10.1. The first kappa shape index (κ1) is 15.2. The van der Waals surface area contributed by atoms with E-state index >= 15 is 0 Å². The van der Waals surface area contributed by atoms with Gasteiger partial charge in [0.1, 0.15) is 6.04 Å². The average molecular weight is 349 g/mol. The maximum atomic E-state index is 12.0. The number of carboxylic acid groups (broad SMARTS) is 1. The summed E-state index contributed by atoms with van der Waals surface area (Å²) in [7, 11) is 0. The Morgan fingerprint density at radius 1 is 1.24 bits per heavy atom. The van der Waals surface area contributed by atoms with E-state index in [1.807, 2.05) is 24.3 Å². The van der Waals surface area contributed by atoms with Crippen LogP contribution in [0.5, 0.6) is 0 Å². The van der Waals surface area contributed by atoms with Crippen molar-refractivity contribution in [2.24, 2.45) is 0 Å². The number of pyridine rings is 1. The SMILES string of the molecule is O=C(N[C@H](Cc1ccccc1Br)C(=O)O)c1cccnc1. The topological polar surface area (TPSA) is 79.3 Å². The van der Waals surface area contributed by atoms with Crippen LogP contribution in [0, 0.1) is 0 Å². The molecule has 0 saturated carbocycles. The molecule has 0 radical (unpaired) electrons. The summed E-state index contributed by atoms with van der Waals surface area (Å²) in [5, 5.41) is 11.8. The zero-order chi connectivity index (χ0) is 15.2. The van der Waals surface area contributed by atoms with Crippen LogP contribution in [-0.4, -0.2) is 28.0 Å². The van der Waals surface area contributed by atoms with Crippen LogP contribution in [0.4, 0.5) is 0 Å². The molecule has 1 atom stereocenters. The summed E-state index contributed by atoms with van der Waals surface area (Å²) in [6.45, 7) is 0. The summed E-state index contributed by atoms with van der Waals surface area (Å²) in [5.41, 5.74) is 1.15. The highest BCUT2D eigenvalue weighted by molar-refractivity contribution is 9.10. The molecule has 1 heterocycles. The molecule has 0 aliphatic heterocycles. The van der Waals surface area contributed by atoms with Crippen molar-refractivity contribution in [3.63, 3.8) is 0 Å². The number of carbonyl (C=O) groups is 2. The first-order valence-electron chi connectivity index (χ1n) is 6.25. The number of nitrogens with one attached hydrogen (secondary N) is 1. The Morgan fingerprint density at radius 3 is 2.62 bits per heavy atom. The number of halogens is 1. The van der Waals surface area contributed by atoms with Crippen molar-refractivity contribution in [2.75, 3.05) is 0 Å². The van der Waals surface area contributed by atoms with Crippen molar-refractivity contribution in [3.05, 3.63) is 64.4 Å². The van der Waals surface area contributed by atoms with Crippen molar-refractivity contribution in [2.45, 2.75) is 12.5 Å².